The molecular formula is C16H16N2O3. The molecule has 0 saturated carbocycles. The van der Waals surface area contributed by atoms with Gasteiger partial charge in [-0.1, -0.05) is 6.07 Å². The lowest BCUT2D eigenvalue weighted by atomic mass is 10.1. The molecule has 0 atom stereocenters. The summed E-state index contributed by atoms with van der Waals surface area (Å²) in [7, 11) is 0. The van der Waals surface area contributed by atoms with E-state index in [9.17, 15) is 4.79 Å². The first-order valence-electron chi connectivity index (χ1n) is 6.70. The van der Waals surface area contributed by atoms with Crippen LogP contribution >= 0.6 is 0 Å². The van der Waals surface area contributed by atoms with Gasteiger partial charge >= 0.3 is 0 Å². The molecule has 0 aliphatic carbocycles. The molecule has 1 aliphatic rings. The Morgan fingerprint density at radius 1 is 1.10 bits per heavy atom. The average Bonchev–Trinajstić information content (AvgIpc) is 2.49. The Morgan fingerprint density at radius 2 is 1.86 bits per heavy atom. The number of nitrogens with two attached hydrogens (primary N) is 1. The highest BCUT2D eigenvalue weighted by atomic mass is 16.6. The predicted molar refractivity (Wildman–Crippen MR) is 81.0 cm³/mol. The van der Waals surface area contributed by atoms with Gasteiger partial charge in [-0.15, -0.1) is 0 Å². The first kappa shape index (κ1) is 13.3. The van der Waals surface area contributed by atoms with Crippen LogP contribution in [-0.4, -0.2) is 19.1 Å². The van der Waals surface area contributed by atoms with Gasteiger partial charge < -0.3 is 20.5 Å². The molecule has 1 heterocycles. The molecule has 0 spiro atoms. The Bertz CT molecular complexity index is 698. The number of anilines is 2. The number of nitrogens with one attached hydrogen (secondary N) is 1. The van der Waals surface area contributed by atoms with Gasteiger partial charge in [-0.3, -0.25) is 4.79 Å². The average molecular weight is 284 g/mol. The largest absolute Gasteiger partial charge is 0.486 e. The summed E-state index contributed by atoms with van der Waals surface area (Å²) in [6.45, 7) is 2.96. The molecule has 5 heteroatoms. The monoisotopic (exact) mass is 284 g/mol. The van der Waals surface area contributed by atoms with Crippen molar-refractivity contribution >= 4 is 17.3 Å². The number of carbonyl (C=O) groups excluding carboxylic acids is 1. The summed E-state index contributed by atoms with van der Waals surface area (Å²) in [4.78, 5) is 12.3. The molecule has 3 rings (SSSR count). The molecule has 3 N–H and O–H groups in total. The van der Waals surface area contributed by atoms with Gasteiger partial charge in [-0.05, 0) is 42.8 Å². The SMILES string of the molecule is Cc1ccc(NC(=O)c2ccc3c(c2)OCCO3)c(N)c1. The fourth-order valence-corrected chi connectivity index (χ4v) is 2.18. The fourth-order valence-electron chi connectivity index (χ4n) is 2.18. The maximum Gasteiger partial charge on any atom is 0.255 e. The van der Waals surface area contributed by atoms with Crippen LogP contribution in [0.1, 0.15) is 15.9 Å². The highest BCUT2D eigenvalue weighted by Gasteiger charge is 2.15. The van der Waals surface area contributed by atoms with Gasteiger partial charge in [0.05, 0.1) is 11.4 Å². The van der Waals surface area contributed by atoms with Crippen molar-refractivity contribution in [3.63, 3.8) is 0 Å². The number of carbonyl (C=O) groups is 1. The lowest BCUT2D eigenvalue weighted by molar-refractivity contribution is 0.102. The standard InChI is InChI=1S/C16H16N2O3/c1-10-2-4-13(12(17)8-10)18-16(19)11-3-5-14-15(9-11)21-7-6-20-14/h2-5,8-9H,6-7,17H2,1H3,(H,18,19). The molecule has 1 aliphatic heterocycles. The molecule has 0 unspecified atom stereocenters. The van der Waals surface area contributed by atoms with Crippen LogP contribution in [-0.2, 0) is 0 Å². The highest BCUT2D eigenvalue weighted by Crippen LogP contribution is 2.31. The van der Waals surface area contributed by atoms with Crippen molar-refractivity contribution in [1.82, 2.24) is 0 Å². The van der Waals surface area contributed by atoms with E-state index in [1.807, 2.05) is 19.1 Å². The second-order valence-corrected chi connectivity index (χ2v) is 4.90. The number of nitrogen functional groups attached to an aromatic ring is 1. The molecule has 0 bridgehead atoms. The Kier molecular flexibility index (Phi) is 3.39. The van der Waals surface area contributed by atoms with Crippen molar-refractivity contribution in [2.24, 2.45) is 0 Å². The minimum absolute atomic E-state index is 0.234. The van der Waals surface area contributed by atoms with Crippen LogP contribution in [0, 0.1) is 6.92 Å². The zero-order valence-electron chi connectivity index (χ0n) is 11.7. The van der Waals surface area contributed by atoms with Crippen molar-refractivity contribution in [2.45, 2.75) is 6.92 Å². The maximum absolute atomic E-state index is 12.3. The summed E-state index contributed by atoms with van der Waals surface area (Å²) >= 11 is 0. The number of benzene rings is 2. The van der Waals surface area contributed by atoms with Crippen LogP contribution in [0.5, 0.6) is 11.5 Å². The van der Waals surface area contributed by atoms with E-state index in [0.29, 0.717) is 41.7 Å². The molecule has 1 amide bonds. The summed E-state index contributed by atoms with van der Waals surface area (Å²) < 4.78 is 10.9. The van der Waals surface area contributed by atoms with Gasteiger partial charge in [0, 0.05) is 5.56 Å². The molecule has 2 aromatic rings. The summed E-state index contributed by atoms with van der Waals surface area (Å²) in [5.41, 5.74) is 8.58. The normalized spacial score (nSPS) is 12.8. The van der Waals surface area contributed by atoms with Gasteiger partial charge in [-0.2, -0.15) is 0 Å². The van der Waals surface area contributed by atoms with E-state index in [4.69, 9.17) is 15.2 Å². The third kappa shape index (κ3) is 2.76. The number of rotatable bonds is 2. The molecule has 5 nitrogen and oxygen atoms in total. The molecule has 21 heavy (non-hydrogen) atoms. The van der Waals surface area contributed by atoms with Crippen LogP contribution in [0.15, 0.2) is 36.4 Å². The van der Waals surface area contributed by atoms with Crippen LogP contribution in [0.3, 0.4) is 0 Å². The van der Waals surface area contributed by atoms with Crippen molar-refractivity contribution in [3.05, 3.63) is 47.5 Å². The van der Waals surface area contributed by atoms with Gasteiger partial charge in [0.15, 0.2) is 11.5 Å². The van der Waals surface area contributed by atoms with E-state index in [-0.39, 0.29) is 5.91 Å². The van der Waals surface area contributed by atoms with Gasteiger partial charge in [-0.25, -0.2) is 0 Å². The number of fused-ring (bicyclic) bond motifs is 1. The van der Waals surface area contributed by atoms with Gasteiger partial charge in [0.25, 0.3) is 5.91 Å². The summed E-state index contributed by atoms with van der Waals surface area (Å²) in [6, 6.07) is 10.6. The van der Waals surface area contributed by atoms with Crippen molar-refractivity contribution < 1.29 is 14.3 Å². The second kappa shape index (κ2) is 5.36. The smallest absolute Gasteiger partial charge is 0.255 e. The van der Waals surface area contributed by atoms with E-state index in [1.165, 1.54) is 0 Å². The summed E-state index contributed by atoms with van der Waals surface area (Å²) in [5.74, 6) is 1.01. The molecule has 0 aromatic heterocycles. The summed E-state index contributed by atoms with van der Waals surface area (Å²) in [6.07, 6.45) is 0. The van der Waals surface area contributed by atoms with Crippen molar-refractivity contribution in [3.8, 4) is 11.5 Å². The zero-order chi connectivity index (χ0) is 14.8. The maximum atomic E-state index is 12.3. The Balaban J connectivity index is 1.82. The molecule has 0 saturated heterocycles. The third-order valence-corrected chi connectivity index (χ3v) is 3.26. The highest BCUT2D eigenvalue weighted by molar-refractivity contribution is 6.06. The van der Waals surface area contributed by atoms with Crippen molar-refractivity contribution in [1.29, 1.82) is 0 Å². The first-order valence-corrected chi connectivity index (χ1v) is 6.70. The third-order valence-electron chi connectivity index (χ3n) is 3.26. The predicted octanol–water partition coefficient (Wildman–Crippen LogP) is 2.60. The second-order valence-electron chi connectivity index (χ2n) is 4.90. The molecule has 0 fully saturated rings. The number of aryl methyl sites for hydroxylation is 1. The topological polar surface area (TPSA) is 73.6 Å². The van der Waals surface area contributed by atoms with Gasteiger partial charge in [0.1, 0.15) is 13.2 Å². The lowest BCUT2D eigenvalue weighted by Gasteiger charge is -2.18. The molecular weight excluding hydrogens is 268 g/mol. The van der Waals surface area contributed by atoms with Crippen LogP contribution in [0.25, 0.3) is 0 Å². The summed E-state index contributed by atoms with van der Waals surface area (Å²) in [5, 5.41) is 2.80. The van der Waals surface area contributed by atoms with Crippen LogP contribution in [0.2, 0.25) is 0 Å². The van der Waals surface area contributed by atoms with E-state index in [2.05, 4.69) is 5.32 Å². The molecule has 0 radical (unpaired) electrons. The Labute approximate surface area is 122 Å². The van der Waals surface area contributed by atoms with Crippen LogP contribution < -0.4 is 20.5 Å². The Hall–Kier alpha value is -2.69. The lowest BCUT2D eigenvalue weighted by Crippen LogP contribution is -2.17. The van der Waals surface area contributed by atoms with Crippen LogP contribution in [0.4, 0.5) is 11.4 Å². The quantitative estimate of drug-likeness (QED) is 0.831. The number of hydrogen-bond acceptors (Lipinski definition) is 4. The first-order chi connectivity index (χ1) is 10.1. The van der Waals surface area contributed by atoms with E-state index in [0.717, 1.165) is 5.56 Å². The van der Waals surface area contributed by atoms with E-state index >= 15 is 0 Å². The van der Waals surface area contributed by atoms with E-state index in [1.54, 1.807) is 24.3 Å². The number of ether oxygens (including phenoxy) is 2. The zero-order valence-corrected chi connectivity index (χ0v) is 11.7. The Morgan fingerprint density at radius 3 is 2.62 bits per heavy atom. The minimum atomic E-state index is -0.234. The minimum Gasteiger partial charge on any atom is -0.486 e. The fraction of sp³-hybridized carbons (Fsp3) is 0.188. The van der Waals surface area contributed by atoms with E-state index < -0.39 is 0 Å². The van der Waals surface area contributed by atoms with Crippen molar-refractivity contribution in [2.75, 3.05) is 24.3 Å². The number of amides is 1. The number of hydrogen-bond donors (Lipinski definition) is 2. The molecule has 2 aromatic carbocycles. The molecule has 108 valence electrons. The van der Waals surface area contributed by atoms with Gasteiger partial charge in [0.2, 0.25) is 0 Å².